The molecule has 1 fully saturated rings. The Morgan fingerprint density at radius 2 is 2.18 bits per heavy atom. The number of benzene rings is 1. The molecule has 1 aliphatic rings. The SMILES string of the molecule is CC[C@@H](S)N1C(=O)OC[C@H]1Cc1ccccc1. The van der Waals surface area contributed by atoms with Gasteiger partial charge in [0, 0.05) is 0 Å². The van der Waals surface area contributed by atoms with Crippen molar-refractivity contribution in [2.75, 3.05) is 6.61 Å². The predicted octanol–water partition coefficient (Wildman–Crippen LogP) is 2.72. The van der Waals surface area contributed by atoms with Gasteiger partial charge in [0.25, 0.3) is 0 Å². The fraction of sp³-hybridized carbons (Fsp3) is 0.462. The van der Waals surface area contributed by atoms with Gasteiger partial charge in [-0.1, -0.05) is 37.3 Å². The molecule has 0 aliphatic carbocycles. The molecule has 0 N–H and O–H groups in total. The third-order valence-electron chi connectivity index (χ3n) is 3.00. The zero-order valence-electron chi connectivity index (χ0n) is 9.87. The summed E-state index contributed by atoms with van der Waals surface area (Å²) in [7, 11) is 0. The number of rotatable bonds is 4. The minimum Gasteiger partial charge on any atom is -0.447 e. The highest BCUT2D eigenvalue weighted by molar-refractivity contribution is 7.80. The maximum atomic E-state index is 11.6. The van der Waals surface area contributed by atoms with Crippen LogP contribution in [0.4, 0.5) is 4.79 Å². The molecule has 0 bridgehead atoms. The van der Waals surface area contributed by atoms with E-state index in [0.717, 1.165) is 12.8 Å². The van der Waals surface area contributed by atoms with E-state index in [1.807, 2.05) is 25.1 Å². The molecular weight excluding hydrogens is 234 g/mol. The summed E-state index contributed by atoms with van der Waals surface area (Å²) in [5.41, 5.74) is 1.22. The third kappa shape index (κ3) is 2.75. The topological polar surface area (TPSA) is 29.5 Å². The number of carbonyl (C=O) groups is 1. The van der Waals surface area contributed by atoms with Gasteiger partial charge in [-0.25, -0.2) is 4.79 Å². The molecule has 2 rings (SSSR count). The van der Waals surface area contributed by atoms with Gasteiger partial charge in [0.15, 0.2) is 0 Å². The van der Waals surface area contributed by atoms with Gasteiger partial charge >= 0.3 is 6.09 Å². The number of carbonyl (C=O) groups excluding carboxylic acids is 1. The molecule has 1 aromatic rings. The summed E-state index contributed by atoms with van der Waals surface area (Å²) in [5.74, 6) is 0. The monoisotopic (exact) mass is 251 g/mol. The van der Waals surface area contributed by atoms with E-state index in [4.69, 9.17) is 4.74 Å². The van der Waals surface area contributed by atoms with Crippen LogP contribution in [0.15, 0.2) is 30.3 Å². The lowest BCUT2D eigenvalue weighted by molar-refractivity contribution is 0.155. The fourth-order valence-electron chi connectivity index (χ4n) is 2.08. The van der Waals surface area contributed by atoms with Crippen molar-refractivity contribution in [1.82, 2.24) is 4.90 Å². The van der Waals surface area contributed by atoms with Gasteiger partial charge in [-0.15, -0.1) is 0 Å². The molecule has 3 nitrogen and oxygen atoms in total. The van der Waals surface area contributed by atoms with Crippen LogP contribution in [0.3, 0.4) is 0 Å². The molecule has 1 amide bonds. The van der Waals surface area contributed by atoms with Crippen molar-refractivity contribution >= 4 is 18.7 Å². The Bertz CT molecular complexity index is 382. The first-order chi connectivity index (χ1) is 8.22. The number of cyclic esters (lactones) is 1. The van der Waals surface area contributed by atoms with E-state index in [-0.39, 0.29) is 17.5 Å². The van der Waals surface area contributed by atoms with Crippen LogP contribution in [-0.2, 0) is 11.2 Å². The van der Waals surface area contributed by atoms with Crippen molar-refractivity contribution in [1.29, 1.82) is 0 Å². The maximum absolute atomic E-state index is 11.6. The number of amides is 1. The summed E-state index contributed by atoms with van der Waals surface area (Å²) in [6.45, 7) is 2.48. The molecule has 0 aromatic heterocycles. The molecule has 0 saturated carbocycles. The second-order valence-corrected chi connectivity index (χ2v) is 4.81. The molecule has 0 spiro atoms. The van der Waals surface area contributed by atoms with E-state index in [2.05, 4.69) is 24.8 Å². The van der Waals surface area contributed by atoms with Crippen LogP contribution in [0.5, 0.6) is 0 Å². The molecule has 2 atom stereocenters. The van der Waals surface area contributed by atoms with Crippen LogP contribution < -0.4 is 0 Å². The third-order valence-corrected chi connectivity index (χ3v) is 3.62. The van der Waals surface area contributed by atoms with E-state index in [0.29, 0.717) is 6.61 Å². The Morgan fingerprint density at radius 3 is 2.82 bits per heavy atom. The standard InChI is InChI=1S/C13H17NO2S/c1-2-12(17)14-11(9-16-13(14)15)8-10-6-4-3-5-7-10/h3-7,11-12,17H,2,8-9H2,1H3/t11-,12-/m1/s1. The van der Waals surface area contributed by atoms with E-state index in [9.17, 15) is 4.79 Å². The van der Waals surface area contributed by atoms with Crippen LogP contribution in [0.2, 0.25) is 0 Å². The van der Waals surface area contributed by atoms with Gasteiger partial charge in [0.1, 0.15) is 6.61 Å². The molecule has 17 heavy (non-hydrogen) atoms. The molecule has 0 unspecified atom stereocenters. The number of thiol groups is 1. The Morgan fingerprint density at radius 1 is 1.47 bits per heavy atom. The highest BCUT2D eigenvalue weighted by Gasteiger charge is 2.35. The molecule has 0 radical (unpaired) electrons. The van der Waals surface area contributed by atoms with E-state index in [1.165, 1.54) is 5.56 Å². The van der Waals surface area contributed by atoms with Crippen LogP contribution >= 0.6 is 12.6 Å². The minimum atomic E-state index is -0.243. The second-order valence-electron chi connectivity index (χ2n) is 4.22. The highest BCUT2D eigenvalue weighted by Crippen LogP contribution is 2.23. The first kappa shape index (κ1) is 12.3. The summed E-state index contributed by atoms with van der Waals surface area (Å²) >= 11 is 4.44. The summed E-state index contributed by atoms with van der Waals surface area (Å²) in [4.78, 5) is 13.4. The first-order valence-electron chi connectivity index (χ1n) is 5.89. The molecule has 4 heteroatoms. The number of nitrogens with zero attached hydrogens (tertiary/aromatic N) is 1. The van der Waals surface area contributed by atoms with Gasteiger partial charge in [-0.05, 0) is 18.4 Å². The fourth-order valence-corrected chi connectivity index (χ4v) is 2.36. The first-order valence-corrected chi connectivity index (χ1v) is 6.41. The van der Waals surface area contributed by atoms with Crippen molar-refractivity contribution in [3.63, 3.8) is 0 Å². The van der Waals surface area contributed by atoms with Crippen LogP contribution in [0.1, 0.15) is 18.9 Å². The molecule has 1 saturated heterocycles. The number of hydrogen-bond acceptors (Lipinski definition) is 3. The van der Waals surface area contributed by atoms with Gasteiger partial charge in [0.2, 0.25) is 0 Å². The quantitative estimate of drug-likeness (QED) is 0.834. The van der Waals surface area contributed by atoms with Crippen molar-refractivity contribution < 1.29 is 9.53 Å². The maximum Gasteiger partial charge on any atom is 0.411 e. The summed E-state index contributed by atoms with van der Waals surface area (Å²) in [6, 6.07) is 10.3. The summed E-state index contributed by atoms with van der Waals surface area (Å²) < 4.78 is 5.11. The largest absolute Gasteiger partial charge is 0.447 e. The normalized spacial score (nSPS) is 21.4. The Kier molecular flexibility index (Phi) is 3.94. The highest BCUT2D eigenvalue weighted by atomic mass is 32.1. The zero-order valence-corrected chi connectivity index (χ0v) is 10.8. The van der Waals surface area contributed by atoms with Gasteiger partial charge in [-0.3, -0.25) is 4.90 Å². The van der Waals surface area contributed by atoms with Crippen LogP contribution in [-0.4, -0.2) is 29.0 Å². The lowest BCUT2D eigenvalue weighted by Gasteiger charge is -2.26. The summed E-state index contributed by atoms with van der Waals surface area (Å²) in [6.07, 6.45) is 1.40. The average molecular weight is 251 g/mol. The van der Waals surface area contributed by atoms with Crippen molar-refractivity contribution in [3.05, 3.63) is 35.9 Å². The van der Waals surface area contributed by atoms with Crippen LogP contribution in [0.25, 0.3) is 0 Å². The Hall–Kier alpha value is -1.16. The smallest absolute Gasteiger partial charge is 0.411 e. The molecular formula is C13H17NO2S. The lowest BCUT2D eigenvalue weighted by Crippen LogP contribution is -2.40. The number of hydrogen-bond donors (Lipinski definition) is 1. The van der Waals surface area contributed by atoms with E-state index < -0.39 is 0 Å². The predicted molar refractivity (Wildman–Crippen MR) is 70.2 cm³/mol. The number of ether oxygens (including phenoxy) is 1. The average Bonchev–Trinajstić information content (AvgIpc) is 2.71. The zero-order chi connectivity index (χ0) is 12.3. The molecule has 92 valence electrons. The van der Waals surface area contributed by atoms with Crippen molar-refractivity contribution in [3.8, 4) is 0 Å². The molecule has 1 heterocycles. The Labute approximate surface area is 107 Å². The second kappa shape index (κ2) is 5.45. The Balaban J connectivity index is 2.07. The van der Waals surface area contributed by atoms with Crippen molar-refractivity contribution in [2.45, 2.75) is 31.2 Å². The van der Waals surface area contributed by atoms with Gasteiger partial charge in [-0.2, -0.15) is 12.6 Å². The van der Waals surface area contributed by atoms with E-state index in [1.54, 1.807) is 4.90 Å². The molecule has 1 aliphatic heterocycles. The van der Waals surface area contributed by atoms with Gasteiger partial charge in [0.05, 0.1) is 11.4 Å². The van der Waals surface area contributed by atoms with Gasteiger partial charge < -0.3 is 4.74 Å². The minimum absolute atomic E-state index is 0.0567. The van der Waals surface area contributed by atoms with Crippen molar-refractivity contribution in [2.24, 2.45) is 0 Å². The summed E-state index contributed by atoms with van der Waals surface area (Å²) in [5, 5.41) is -0.0567. The van der Waals surface area contributed by atoms with E-state index >= 15 is 0 Å². The van der Waals surface area contributed by atoms with Crippen LogP contribution in [0, 0.1) is 0 Å². The molecule has 1 aromatic carbocycles. The lowest BCUT2D eigenvalue weighted by atomic mass is 10.1.